The second kappa shape index (κ2) is 13.0. The van der Waals surface area contributed by atoms with Gasteiger partial charge in [-0.15, -0.1) is 4.91 Å². The quantitative estimate of drug-likeness (QED) is 0.164. The van der Waals surface area contributed by atoms with Gasteiger partial charge >= 0.3 is 5.97 Å². The molecule has 11 heteroatoms. The largest absolute Gasteiger partial charge is 0.508 e. The standard InChI is InChI=1S/C31H32N4O7/c1-18(4-11-28(37)38)24-9-6-20(15-27(24)42-3)29(33-22-7-5-19-12-13-32-30(39)25(19)16-22)31(40)35(2)17-21-14-23(34-41)8-10-26(21)36/h5-10,12-16,18,29,33,36H,4,11,17H2,1-3H3,(H,32,39)(H,37,38)/t18-,29?/m0/s1. The van der Waals surface area contributed by atoms with Gasteiger partial charge in [0.1, 0.15) is 23.2 Å². The fourth-order valence-corrected chi connectivity index (χ4v) is 4.85. The van der Waals surface area contributed by atoms with Crippen molar-refractivity contribution in [2.45, 2.75) is 38.3 Å². The number of carboxylic acids is 1. The van der Waals surface area contributed by atoms with Crippen LogP contribution in [0.25, 0.3) is 10.8 Å². The van der Waals surface area contributed by atoms with Crippen LogP contribution in [0, 0.1) is 4.91 Å². The molecule has 4 aromatic rings. The van der Waals surface area contributed by atoms with Crippen LogP contribution in [0.1, 0.15) is 48.4 Å². The zero-order chi connectivity index (χ0) is 30.4. The number of aromatic nitrogens is 1. The molecule has 0 aliphatic carbocycles. The second-order valence-corrected chi connectivity index (χ2v) is 10.1. The van der Waals surface area contributed by atoms with Crippen LogP contribution in [0.15, 0.2) is 76.8 Å². The van der Waals surface area contributed by atoms with E-state index in [-0.39, 0.29) is 41.8 Å². The molecule has 0 saturated carbocycles. The summed E-state index contributed by atoms with van der Waals surface area (Å²) in [5, 5.41) is 26.8. The highest BCUT2D eigenvalue weighted by Gasteiger charge is 2.27. The molecule has 0 aliphatic rings. The number of hydrogen-bond donors (Lipinski definition) is 4. The summed E-state index contributed by atoms with van der Waals surface area (Å²) in [7, 11) is 3.08. The lowest BCUT2D eigenvalue weighted by molar-refractivity contribution is -0.137. The summed E-state index contributed by atoms with van der Waals surface area (Å²) in [5.41, 5.74) is 2.10. The number of carbonyl (C=O) groups is 2. The highest BCUT2D eigenvalue weighted by atomic mass is 16.5. The number of aromatic amines is 1. The van der Waals surface area contributed by atoms with E-state index in [0.29, 0.717) is 34.4 Å². The van der Waals surface area contributed by atoms with Gasteiger partial charge in [-0.05, 0) is 76.5 Å². The first kappa shape index (κ1) is 29.8. The summed E-state index contributed by atoms with van der Waals surface area (Å²) in [5.74, 6) is -0.935. The number of nitroso groups, excluding NO2 is 1. The topological polar surface area (TPSA) is 161 Å². The number of carbonyl (C=O) groups excluding carboxylic acids is 1. The van der Waals surface area contributed by atoms with Gasteiger partial charge in [0.05, 0.1) is 7.11 Å². The molecular formula is C31H32N4O7. The molecule has 2 atom stereocenters. The van der Waals surface area contributed by atoms with E-state index in [4.69, 9.17) is 9.84 Å². The van der Waals surface area contributed by atoms with Gasteiger partial charge in [0.2, 0.25) is 5.91 Å². The van der Waals surface area contributed by atoms with Crippen LogP contribution < -0.4 is 15.6 Å². The number of aromatic hydroxyl groups is 1. The first-order valence-electron chi connectivity index (χ1n) is 13.3. The SMILES string of the molecule is COc1cc(C(Nc2ccc3cc[nH]c(=O)c3c2)C(=O)N(C)Cc2cc(N=O)ccc2O)ccc1[C@@H](C)CCC(=O)O. The van der Waals surface area contributed by atoms with E-state index in [1.54, 1.807) is 49.6 Å². The van der Waals surface area contributed by atoms with E-state index in [2.05, 4.69) is 15.5 Å². The zero-order valence-electron chi connectivity index (χ0n) is 23.5. The molecule has 0 fully saturated rings. The number of fused-ring (bicyclic) bond motifs is 1. The number of pyridine rings is 1. The van der Waals surface area contributed by atoms with Crippen LogP contribution in [0.5, 0.6) is 11.5 Å². The number of phenols is 1. The highest BCUT2D eigenvalue weighted by Crippen LogP contribution is 2.34. The monoisotopic (exact) mass is 572 g/mol. The Hall–Kier alpha value is -5.19. The minimum absolute atomic E-state index is 0.00823. The third-order valence-electron chi connectivity index (χ3n) is 7.20. The van der Waals surface area contributed by atoms with Crippen molar-refractivity contribution in [3.05, 3.63) is 98.8 Å². The minimum atomic E-state index is -0.943. The average Bonchev–Trinajstić information content (AvgIpc) is 2.99. The van der Waals surface area contributed by atoms with Crippen LogP contribution in [0.3, 0.4) is 0 Å². The first-order chi connectivity index (χ1) is 20.1. The number of H-pyrrole nitrogens is 1. The Balaban J connectivity index is 1.72. The number of nitrogens with zero attached hydrogens (tertiary/aromatic N) is 2. The van der Waals surface area contributed by atoms with Crippen molar-refractivity contribution in [1.29, 1.82) is 0 Å². The van der Waals surface area contributed by atoms with Gasteiger partial charge in [0.25, 0.3) is 5.56 Å². The Morgan fingerprint density at radius 2 is 1.88 bits per heavy atom. The molecule has 42 heavy (non-hydrogen) atoms. The van der Waals surface area contributed by atoms with E-state index in [1.807, 2.05) is 13.0 Å². The van der Waals surface area contributed by atoms with Crippen molar-refractivity contribution in [3.8, 4) is 11.5 Å². The molecule has 0 spiro atoms. The lowest BCUT2D eigenvalue weighted by Crippen LogP contribution is -2.35. The smallest absolute Gasteiger partial charge is 0.303 e. The molecule has 0 aliphatic heterocycles. The number of phenolic OH excluding ortho intramolecular Hbond substituents is 1. The molecule has 1 heterocycles. The van der Waals surface area contributed by atoms with E-state index >= 15 is 0 Å². The minimum Gasteiger partial charge on any atom is -0.508 e. The molecule has 218 valence electrons. The van der Waals surface area contributed by atoms with E-state index < -0.39 is 12.0 Å². The van der Waals surface area contributed by atoms with Gasteiger partial charge in [-0.25, -0.2) is 0 Å². The van der Waals surface area contributed by atoms with Crippen molar-refractivity contribution >= 4 is 34.0 Å². The van der Waals surface area contributed by atoms with Crippen LogP contribution in [-0.4, -0.2) is 46.1 Å². The van der Waals surface area contributed by atoms with Crippen LogP contribution in [-0.2, 0) is 16.1 Å². The maximum atomic E-state index is 14.0. The molecular weight excluding hydrogens is 540 g/mol. The van der Waals surface area contributed by atoms with Crippen molar-refractivity contribution < 1.29 is 24.5 Å². The normalized spacial score (nSPS) is 12.4. The fourth-order valence-electron chi connectivity index (χ4n) is 4.85. The Kier molecular flexibility index (Phi) is 9.21. The molecule has 1 aromatic heterocycles. The number of likely N-dealkylation sites (N-methyl/N-ethyl adjacent to an activating group) is 1. The number of anilines is 1. The highest BCUT2D eigenvalue weighted by molar-refractivity contribution is 5.89. The molecule has 4 rings (SSSR count). The van der Waals surface area contributed by atoms with E-state index in [1.165, 1.54) is 30.2 Å². The number of ether oxygens (including phenoxy) is 1. The molecule has 1 unspecified atom stereocenters. The second-order valence-electron chi connectivity index (χ2n) is 10.1. The van der Waals surface area contributed by atoms with Crippen LogP contribution >= 0.6 is 0 Å². The number of hydrogen-bond acceptors (Lipinski definition) is 8. The van der Waals surface area contributed by atoms with E-state index in [9.17, 15) is 24.4 Å². The lowest BCUT2D eigenvalue weighted by Gasteiger charge is -2.27. The number of methoxy groups -OCH3 is 1. The molecule has 0 saturated heterocycles. The van der Waals surface area contributed by atoms with Gasteiger partial charge in [-0.2, -0.15) is 0 Å². The van der Waals surface area contributed by atoms with Gasteiger partial charge in [-0.1, -0.05) is 25.1 Å². The van der Waals surface area contributed by atoms with Gasteiger partial charge in [0.15, 0.2) is 0 Å². The van der Waals surface area contributed by atoms with Crippen LogP contribution in [0.2, 0.25) is 0 Å². The number of carboxylic acid groups (broad SMARTS) is 1. The van der Waals surface area contributed by atoms with Crippen molar-refractivity contribution in [3.63, 3.8) is 0 Å². The molecule has 4 N–H and O–H groups in total. The summed E-state index contributed by atoms with van der Waals surface area (Å²) >= 11 is 0. The predicted octanol–water partition coefficient (Wildman–Crippen LogP) is 5.42. The van der Waals surface area contributed by atoms with Crippen molar-refractivity contribution in [2.24, 2.45) is 5.18 Å². The number of rotatable bonds is 12. The molecule has 0 bridgehead atoms. The van der Waals surface area contributed by atoms with Crippen molar-refractivity contribution in [1.82, 2.24) is 9.88 Å². The predicted molar refractivity (Wildman–Crippen MR) is 159 cm³/mol. The third-order valence-corrected chi connectivity index (χ3v) is 7.20. The lowest BCUT2D eigenvalue weighted by atomic mass is 9.92. The summed E-state index contributed by atoms with van der Waals surface area (Å²) in [4.78, 5) is 52.6. The van der Waals surface area contributed by atoms with Crippen LogP contribution in [0.4, 0.5) is 11.4 Å². The Morgan fingerprint density at radius 3 is 2.60 bits per heavy atom. The molecule has 1 amide bonds. The Morgan fingerprint density at radius 1 is 1.10 bits per heavy atom. The summed E-state index contributed by atoms with van der Waals surface area (Å²) in [6, 6.07) is 15.5. The average molecular weight is 573 g/mol. The number of benzene rings is 3. The Labute approximate surface area is 241 Å². The molecule has 11 nitrogen and oxygen atoms in total. The van der Waals surface area contributed by atoms with E-state index in [0.717, 1.165) is 10.9 Å². The first-order valence-corrected chi connectivity index (χ1v) is 13.3. The van der Waals surface area contributed by atoms with Crippen molar-refractivity contribution in [2.75, 3.05) is 19.5 Å². The summed E-state index contributed by atoms with van der Waals surface area (Å²) < 4.78 is 5.65. The number of nitrogens with one attached hydrogen (secondary N) is 2. The summed E-state index contributed by atoms with van der Waals surface area (Å²) in [6.07, 6.45) is 1.99. The fraction of sp³-hybridized carbons (Fsp3) is 0.258. The summed E-state index contributed by atoms with van der Waals surface area (Å²) in [6.45, 7) is 1.90. The molecule has 3 aromatic carbocycles. The third kappa shape index (κ3) is 6.74. The maximum absolute atomic E-state index is 14.0. The maximum Gasteiger partial charge on any atom is 0.303 e. The number of aliphatic carboxylic acids is 1. The van der Waals surface area contributed by atoms with Gasteiger partial charge in [0, 0.05) is 42.8 Å². The zero-order valence-corrected chi connectivity index (χ0v) is 23.5. The Bertz CT molecular complexity index is 1680. The number of amides is 1. The van der Waals surface area contributed by atoms with Gasteiger partial charge in [-0.3, -0.25) is 14.4 Å². The molecule has 0 radical (unpaired) electrons. The van der Waals surface area contributed by atoms with Gasteiger partial charge < -0.3 is 30.2 Å².